The zero-order valence-electron chi connectivity index (χ0n) is 16.3. The SMILES string of the molecule is COc1cc(C=CC(=O)C=Cc2cc(OC)c(N)c(OC)c2)cc(OC)c1N. The Morgan fingerprint density at radius 3 is 1.21 bits per heavy atom. The quantitative estimate of drug-likeness (QED) is 0.532. The van der Waals surface area contributed by atoms with Crippen molar-refractivity contribution in [1.29, 1.82) is 0 Å². The lowest BCUT2D eigenvalue weighted by Gasteiger charge is -2.10. The van der Waals surface area contributed by atoms with Crippen LogP contribution in [0.15, 0.2) is 36.4 Å². The van der Waals surface area contributed by atoms with Gasteiger partial charge in [0.2, 0.25) is 0 Å². The Kier molecular flexibility index (Phi) is 6.92. The molecule has 2 aromatic rings. The number of benzene rings is 2. The van der Waals surface area contributed by atoms with Crippen LogP contribution in [0.3, 0.4) is 0 Å². The number of hydrogen-bond donors (Lipinski definition) is 2. The fourth-order valence-electron chi connectivity index (χ4n) is 2.52. The van der Waals surface area contributed by atoms with E-state index in [4.69, 9.17) is 30.4 Å². The number of carbonyl (C=O) groups excluding carboxylic acids is 1. The van der Waals surface area contributed by atoms with Gasteiger partial charge in [-0.15, -0.1) is 0 Å². The summed E-state index contributed by atoms with van der Waals surface area (Å²) in [6.07, 6.45) is 6.18. The number of allylic oxidation sites excluding steroid dienone is 2. The standard InChI is InChI=1S/C21H24N2O5/c1-25-16-9-13(10-17(26-2)20(16)22)5-7-15(24)8-6-14-11-18(27-3)21(23)19(12-14)28-4/h5-12H,22-23H2,1-4H3. The van der Waals surface area contributed by atoms with E-state index in [1.165, 1.54) is 40.6 Å². The molecule has 0 aliphatic heterocycles. The van der Waals surface area contributed by atoms with Gasteiger partial charge in [-0.25, -0.2) is 0 Å². The topological polar surface area (TPSA) is 106 Å². The molecule has 0 aliphatic rings. The van der Waals surface area contributed by atoms with Crippen molar-refractivity contribution in [3.63, 3.8) is 0 Å². The van der Waals surface area contributed by atoms with E-state index in [0.29, 0.717) is 34.4 Å². The van der Waals surface area contributed by atoms with Crippen LogP contribution in [0, 0.1) is 0 Å². The van der Waals surface area contributed by atoms with Crippen molar-refractivity contribution in [1.82, 2.24) is 0 Å². The molecule has 0 saturated heterocycles. The van der Waals surface area contributed by atoms with Crippen LogP contribution in [0.2, 0.25) is 0 Å². The molecule has 2 rings (SSSR count). The van der Waals surface area contributed by atoms with Crippen molar-refractivity contribution in [2.24, 2.45) is 0 Å². The number of methoxy groups -OCH3 is 4. The first-order chi connectivity index (χ1) is 13.4. The van der Waals surface area contributed by atoms with Crippen LogP contribution in [0.25, 0.3) is 12.2 Å². The molecule has 7 heteroatoms. The van der Waals surface area contributed by atoms with Gasteiger partial charge in [0, 0.05) is 0 Å². The first-order valence-electron chi connectivity index (χ1n) is 8.36. The number of anilines is 2. The molecule has 2 aromatic carbocycles. The molecule has 0 bridgehead atoms. The van der Waals surface area contributed by atoms with E-state index in [1.807, 2.05) is 0 Å². The summed E-state index contributed by atoms with van der Waals surface area (Å²) in [6.45, 7) is 0. The molecule has 148 valence electrons. The third-order valence-corrected chi connectivity index (χ3v) is 4.01. The summed E-state index contributed by atoms with van der Waals surface area (Å²) in [6, 6.07) is 6.89. The van der Waals surface area contributed by atoms with Gasteiger partial charge in [0.05, 0.1) is 28.4 Å². The van der Waals surface area contributed by atoms with Crippen LogP contribution >= 0.6 is 0 Å². The molecule has 0 aliphatic carbocycles. The second kappa shape index (κ2) is 9.36. The predicted octanol–water partition coefficient (Wildman–Crippen LogP) is 3.18. The highest BCUT2D eigenvalue weighted by Gasteiger charge is 2.09. The monoisotopic (exact) mass is 384 g/mol. The van der Waals surface area contributed by atoms with Crippen LogP contribution in [-0.4, -0.2) is 34.2 Å². The van der Waals surface area contributed by atoms with E-state index in [1.54, 1.807) is 36.4 Å². The fraction of sp³-hybridized carbons (Fsp3) is 0.190. The molecule has 0 atom stereocenters. The highest BCUT2D eigenvalue weighted by atomic mass is 16.5. The van der Waals surface area contributed by atoms with E-state index in [2.05, 4.69) is 0 Å². The van der Waals surface area contributed by atoms with Crippen LogP contribution in [0.4, 0.5) is 11.4 Å². The minimum absolute atomic E-state index is 0.204. The molecule has 0 saturated carbocycles. The second-order valence-corrected chi connectivity index (χ2v) is 5.75. The largest absolute Gasteiger partial charge is 0.494 e. The molecule has 0 spiro atoms. The number of nitrogen functional groups attached to an aromatic ring is 2. The van der Waals surface area contributed by atoms with E-state index < -0.39 is 0 Å². The lowest BCUT2D eigenvalue weighted by molar-refractivity contribution is -0.110. The number of nitrogens with two attached hydrogens (primary N) is 2. The van der Waals surface area contributed by atoms with Gasteiger partial charge in [-0.1, -0.05) is 12.2 Å². The van der Waals surface area contributed by atoms with E-state index >= 15 is 0 Å². The van der Waals surface area contributed by atoms with Crippen LogP contribution in [0.5, 0.6) is 23.0 Å². The van der Waals surface area contributed by atoms with Crippen molar-refractivity contribution in [2.75, 3.05) is 39.9 Å². The van der Waals surface area contributed by atoms with Crippen molar-refractivity contribution >= 4 is 29.3 Å². The molecule has 0 aromatic heterocycles. The maximum Gasteiger partial charge on any atom is 0.178 e. The smallest absolute Gasteiger partial charge is 0.178 e. The third-order valence-electron chi connectivity index (χ3n) is 4.01. The molecule has 28 heavy (non-hydrogen) atoms. The van der Waals surface area contributed by atoms with Crippen molar-refractivity contribution in [2.45, 2.75) is 0 Å². The van der Waals surface area contributed by atoms with Gasteiger partial charge in [-0.2, -0.15) is 0 Å². The van der Waals surface area contributed by atoms with Gasteiger partial charge in [-0.05, 0) is 47.5 Å². The minimum Gasteiger partial charge on any atom is -0.494 e. The normalized spacial score (nSPS) is 11.0. The van der Waals surface area contributed by atoms with Gasteiger partial charge >= 0.3 is 0 Å². The maximum absolute atomic E-state index is 12.2. The number of carbonyl (C=O) groups is 1. The molecule has 0 fully saturated rings. The lowest BCUT2D eigenvalue weighted by Crippen LogP contribution is -1.97. The van der Waals surface area contributed by atoms with E-state index in [0.717, 1.165) is 11.1 Å². The number of ether oxygens (including phenoxy) is 4. The summed E-state index contributed by atoms with van der Waals surface area (Å²) in [5.41, 5.74) is 14.1. The number of rotatable bonds is 8. The first-order valence-corrected chi connectivity index (χ1v) is 8.36. The molecular weight excluding hydrogens is 360 g/mol. The number of hydrogen-bond acceptors (Lipinski definition) is 7. The Morgan fingerprint density at radius 1 is 0.679 bits per heavy atom. The highest BCUT2D eigenvalue weighted by Crippen LogP contribution is 2.34. The average Bonchev–Trinajstić information content (AvgIpc) is 2.71. The lowest BCUT2D eigenvalue weighted by atomic mass is 10.1. The second-order valence-electron chi connectivity index (χ2n) is 5.75. The van der Waals surface area contributed by atoms with Crippen LogP contribution in [-0.2, 0) is 4.79 Å². The zero-order chi connectivity index (χ0) is 20.7. The Labute approximate surface area is 164 Å². The van der Waals surface area contributed by atoms with E-state index in [9.17, 15) is 4.79 Å². The molecule has 0 radical (unpaired) electrons. The molecule has 7 nitrogen and oxygen atoms in total. The Bertz CT molecular complexity index is 795. The van der Waals surface area contributed by atoms with Crippen molar-refractivity contribution < 1.29 is 23.7 Å². The molecule has 0 heterocycles. The molecule has 0 amide bonds. The minimum atomic E-state index is -0.204. The Morgan fingerprint density at radius 2 is 0.964 bits per heavy atom. The number of ketones is 1. The molecule has 0 unspecified atom stereocenters. The third kappa shape index (κ3) is 4.76. The Hall–Kier alpha value is -3.61. The van der Waals surface area contributed by atoms with Gasteiger partial charge in [0.15, 0.2) is 5.78 Å². The summed E-state index contributed by atoms with van der Waals surface area (Å²) in [7, 11) is 6.06. The molecule has 4 N–H and O–H groups in total. The zero-order valence-corrected chi connectivity index (χ0v) is 16.3. The van der Waals surface area contributed by atoms with Gasteiger partial charge in [-0.3, -0.25) is 4.79 Å². The molecular formula is C21H24N2O5. The van der Waals surface area contributed by atoms with Gasteiger partial charge in [0.25, 0.3) is 0 Å². The summed E-state index contributed by atoms with van der Waals surface area (Å²) >= 11 is 0. The first kappa shape index (κ1) is 20.7. The summed E-state index contributed by atoms with van der Waals surface area (Å²) in [5.74, 6) is 1.70. The Balaban J connectivity index is 2.20. The summed E-state index contributed by atoms with van der Waals surface area (Å²) in [5, 5.41) is 0. The predicted molar refractivity (Wildman–Crippen MR) is 111 cm³/mol. The van der Waals surface area contributed by atoms with Crippen molar-refractivity contribution in [3.05, 3.63) is 47.5 Å². The fourth-order valence-corrected chi connectivity index (χ4v) is 2.52. The average molecular weight is 384 g/mol. The maximum atomic E-state index is 12.2. The summed E-state index contributed by atoms with van der Waals surface area (Å²) in [4.78, 5) is 12.2. The van der Waals surface area contributed by atoms with Crippen LogP contribution < -0.4 is 30.4 Å². The van der Waals surface area contributed by atoms with Crippen LogP contribution in [0.1, 0.15) is 11.1 Å². The highest BCUT2D eigenvalue weighted by molar-refractivity contribution is 6.04. The van der Waals surface area contributed by atoms with E-state index in [-0.39, 0.29) is 5.78 Å². The summed E-state index contributed by atoms with van der Waals surface area (Å²) < 4.78 is 20.9. The van der Waals surface area contributed by atoms with Gasteiger partial charge < -0.3 is 30.4 Å². The van der Waals surface area contributed by atoms with Gasteiger partial charge in [0.1, 0.15) is 34.4 Å². The van der Waals surface area contributed by atoms with Crippen molar-refractivity contribution in [3.8, 4) is 23.0 Å².